The van der Waals surface area contributed by atoms with Crippen molar-refractivity contribution < 1.29 is 4.39 Å². The Kier molecular flexibility index (Phi) is 2.26. The van der Waals surface area contributed by atoms with Crippen LogP contribution in [0.2, 0.25) is 0 Å². The Morgan fingerprint density at radius 3 is 2.80 bits per heavy atom. The van der Waals surface area contributed by atoms with Gasteiger partial charge in [-0.05, 0) is 17.5 Å². The highest BCUT2D eigenvalue weighted by Gasteiger charge is 2.12. The van der Waals surface area contributed by atoms with E-state index >= 15 is 0 Å². The maximum Gasteiger partial charge on any atom is 0.191 e. The molecule has 3 heterocycles. The summed E-state index contributed by atoms with van der Waals surface area (Å²) < 4.78 is 15.1. The van der Waals surface area contributed by atoms with Crippen LogP contribution >= 0.6 is 0 Å². The lowest BCUT2D eigenvalue weighted by atomic mass is 10.1. The normalized spacial score (nSPS) is 11.2. The van der Waals surface area contributed by atoms with Crippen LogP contribution in [0.5, 0.6) is 0 Å². The Hall–Kier alpha value is -2.82. The summed E-state index contributed by atoms with van der Waals surface area (Å²) in [6.07, 6.45) is 5.16. The second-order valence-electron chi connectivity index (χ2n) is 4.47. The molecule has 3 aromatic heterocycles. The molecule has 20 heavy (non-hydrogen) atoms. The first-order valence-electron chi connectivity index (χ1n) is 6.17. The monoisotopic (exact) mass is 264 g/mol. The summed E-state index contributed by atoms with van der Waals surface area (Å²) in [5.41, 5.74) is 1.02. The van der Waals surface area contributed by atoms with E-state index in [-0.39, 0.29) is 11.5 Å². The largest absolute Gasteiger partial charge is 0.263 e. The van der Waals surface area contributed by atoms with Crippen molar-refractivity contribution in [2.45, 2.75) is 0 Å². The van der Waals surface area contributed by atoms with Crippen LogP contribution in [-0.4, -0.2) is 19.6 Å². The van der Waals surface area contributed by atoms with Gasteiger partial charge in [-0.15, -0.1) is 5.10 Å². The van der Waals surface area contributed by atoms with Crippen molar-refractivity contribution in [1.82, 2.24) is 19.6 Å². The van der Waals surface area contributed by atoms with Crippen molar-refractivity contribution in [2.75, 3.05) is 0 Å². The van der Waals surface area contributed by atoms with Gasteiger partial charge in [-0.1, -0.05) is 24.3 Å². The third kappa shape index (κ3) is 1.56. The molecule has 4 rings (SSSR count). The molecular formula is C15H9FN4. The van der Waals surface area contributed by atoms with E-state index in [0.29, 0.717) is 5.82 Å². The lowest BCUT2D eigenvalue weighted by Crippen LogP contribution is -1.89. The van der Waals surface area contributed by atoms with Crippen molar-refractivity contribution in [3.8, 4) is 11.4 Å². The minimum atomic E-state index is -0.389. The number of hydrogen-bond donors (Lipinski definition) is 0. The molecule has 0 aliphatic heterocycles. The number of aromatic nitrogens is 4. The molecule has 0 amide bonds. The van der Waals surface area contributed by atoms with Crippen molar-refractivity contribution in [1.29, 1.82) is 0 Å². The van der Waals surface area contributed by atoms with E-state index in [1.165, 1.54) is 10.6 Å². The van der Waals surface area contributed by atoms with Gasteiger partial charge >= 0.3 is 0 Å². The molecule has 0 saturated heterocycles. The molecule has 0 bridgehead atoms. The summed E-state index contributed by atoms with van der Waals surface area (Å²) in [6, 6.07) is 10.8. The molecule has 4 aromatic rings. The van der Waals surface area contributed by atoms with Crippen molar-refractivity contribution in [3.63, 3.8) is 0 Å². The number of pyridine rings is 2. The van der Waals surface area contributed by atoms with Crippen LogP contribution in [0.15, 0.2) is 55.0 Å². The molecule has 0 aliphatic carbocycles. The smallest absolute Gasteiger partial charge is 0.191 e. The molecule has 0 fully saturated rings. The fraction of sp³-hybridized carbons (Fsp3) is 0. The van der Waals surface area contributed by atoms with Gasteiger partial charge in [-0.3, -0.25) is 4.98 Å². The van der Waals surface area contributed by atoms with Gasteiger partial charge in [-0.2, -0.15) is 0 Å². The van der Waals surface area contributed by atoms with Crippen LogP contribution in [0, 0.1) is 5.82 Å². The lowest BCUT2D eigenvalue weighted by molar-refractivity contribution is 0.627. The Morgan fingerprint density at radius 2 is 1.90 bits per heavy atom. The van der Waals surface area contributed by atoms with E-state index in [0.717, 1.165) is 16.3 Å². The number of hydrogen-bond acceptors (Lipinski definition) is 3. The summed E-state index contributed by atoms with van der Waals surface area (Å²) in [6.45, 7) is 0. The summed E-state index contributed by atoms with van der Waals surface area (Å²) in [5, 5.41) is 6.32. The fourth-order valence-corrected chi connectivity index (χ4v) is 2.28. The van der Waals surface area contributed by atoms with E-state index in [9.17, 15) is 4.39 Å². The highest BCUT2D eigenvalue weighted by atomic mass is 19.1. The zero-order valence-corrected chi connectivity index (χ0v) is 10.4. The molecule has 5 heteroatoms. The fourth-order valence-electron chi connectivity index (χ4n) is 2.28. The summed E-state index contributed by atoms with van der Waals surface area (Å²) in [7, 11) is 0. The molecule has 0 saturated carbocycles. The molecule has 0 aliphatic rings. The highest BCUT2D eigenvalue weighted by Crippen LogP contribution is 2.25. The quantitative estimate of drug-likeness (QED) is 0.530. The second-order valence-corrected chi connectivity index (χ2v) is 4.47. The third-order valence-corrected chi connectivity index (χ3v) is 3.22. The first-order chi connectivity index (χ1) is 9.83. The van der Waals surface area contributed by atoms with Gasteiger partial charge in [0.1, 0.15) is 0 Å². The van der Waals surface area contributed by atoms with Crippen molar-refractivity contribution in [3.05, 3.63) is 60.8 Å². The average Bonchev–Trinajstić information content (AvgIpc) is 2.92. The van der Waals surface area contributed by atoms with Gasteiger partial charge in [0.2, 0.25) is 0 Å². The summed E-state index contributed by atoms with van der Waals surface area (Å²) in [4.78, 5) is 8.47. The third-order valence-electron chi connectivity index (χ3n) is 3.22. The Bertz CT molecular complexity index is 924. The minimum absolute atomic E-state index is 0.218. The van der Waals surface area contributed by atoms with Crippen LogP contribution in [0.1, 0.15) is 0 Å². The van der Waals surface area contributed by atoms with Crippen molar-refractivity contribution >= 4 is 16.4 Å². The maximum atomic E-state index is 13.7. The van der Waals surface area contributed by atoms with E-state index in [2.05, 4.69) is 15.1 Å². The molecule has 0 radical (unpaired) electrons. The Morgan fingerprint density at radius 1 is 1.00 bits per heavy atom. The predicted octanol–water partition coefficient (Wildman–Crippen LogP) is 3.08. The van der Waals surface area contributed by atoms with Crippen LogP contribution in [0.25, 0.3) is 27.8 Å². The van der Waals surface area contributed by atoms with E-state index < -0.39 is 0 Å². The number of nitrogens with zero attached hydrogens (tertiary/aromatic N) is 4. The summed E-state index contributed by atoms with van der Waals surface area (Å²) in [5.74, 6) is 0.0823. The molecule has 0 atom stereocenters. The van der Waals surface area contributed by atoms with Crippen LogP contribution in [-0.2, 0) is 0 Å². The van der Waals surface area contributed by atoms with Gasteiger partial charge in [0.15, 0.2) is 17.3 Å². The molecule has 96 valence electrons. The SMILES string of the molecule is Fc1cccn2nc(-c3cncc4ccccc34)nc12. The lowest BCUT2D eigenvalue weighted by Gasteiger charge is -2.01. The molecule has 0 unspecified atom stereocenters. The van der Waals surface area contributed by atoms with Crippen LogP contribution in [0.3, 0.4) is 0 Å². The van der Waals surface area contributed by atoms with E-state index in [1.807, 2.05) is 24.3 Å². The Balaban J connectivity index is 2.04. The van der Waals surface area contributed by atoms with Crippen LogP contribution in [0.4, 0.5) is 4.39 Å². The predicted molar refractivity (Wildman–Crippen MR) is 73.7 cm³/mol. The summed E-state index contributed by atoms with van der Waals surface area (Å²) >= 11 is 0. The molecule has 1 aromatic carbocycles. The number of benzene rings is 1. The van der Waals surface area contributed by atoms with Crippen LogP contribution < -0.4 is 0 Å². The molecule has 0 spiro atoms. The first kappa shape index (κ1) is 11.0. The standard InChI is InChI=1S/C15H9FN4/c16-13-6-3-7-20-15(13)18-14(19-20)12-9-17-8-10-4-1-2-5-11(10)12/h1-9H. The minimum Gasteiger partial charge on any atom is -0.263 e. The van der Waals surface area contributed by atoms with Gasteiger partial charge in [-0.25, -0.2) is 13.9 Å². The maximum absolute atomic E-state index is 13.7. The zero-order chi connectivity index (χ0) is 13.5. The zero-order valence-electron chi connectivity index (χ0n) is 10.4. The van der Waals surface area contributed by atoms with Gasteiger partial charge in [0.05, 0.1) is 0 Å². The highest BCUT2D eigenvalue weighted by molar-refractivity contribution is 5.94. The first-order valence-corrected chi connectivity index (χ1v) is 6.17. The number of halogens is 1. The van der Waals surface area contributed by atoms with E-state index in [1.54, 1.807) is 24.7 Å². The van der Waals surface area contributed by atoms with Crippen molar-refractivity contribution in [2.24, 2.45) is 0 Å². The van der Waals surface area contributed by atoms with Gasteiger partial charge < -0.3 is 0 Å². The average molecular weight is 264 g/mol. The molecule has 0 N–H and O–H groups in total. The Labute approximate surface area is 113 Å². The number of rotatable bonds is 1. The van der Waals surface area contributed by atoms with Gasteiger partial charge in [0.25, 0.3) is 0 Å². The second kappa shape index (κ2) is 4.09. The number of fused-ring (bicyclic) bond motifs is 2. The molecular weight excluding hydrogens is 255 g/mol. The van der Waals surface area contributed by atoms with E-state index in [4.69, 9.17) is 0 Å². The topological polar surface area (TPSA) is 43.1 Å². The molecule has 4 nitrogen and oxygen atoms in total. The van der Waals surface area contributed by atoms with Gasteiger partial charge in [0, 0.05) is 29.5 Å².